The summed E-state index contributed by atoms with van der Waals surface area (Å²) < 4.78 is 16.0. The normalized spacial score (nSPS) is 11.7. The average molecular weight is 491 g/mol. The monoisotopic (exact) mass is 490 g/mol. The van der Waals surface area contributed by atoms with Gasteiger partial charge in [-0.3, -0.25) is 4.79 Å². The average Bonchev–Trinajstić information content (AvgIpc) is 2.87. The van der Waals surface area contributed by atoms with Crippen LogP contribution >= 0.6 is 0 Å². The summed E-state index contributed by atoms with van der Waals surface area (Å²) >= 11 is 0. The number of hydrogen-bond acceptors (Lipinski definition) is 9. The molecule has 0 fully saturated rings. The van der Waals surface area contributed by atoms with Crippen molar-refractivity contribution in [2.45, 2.75) is 13.0 Å². The van der Waals surface area contributed by atoms with E-state index in [1.807, 2.05) is 0 Å². The first-order valence-corrected chi connectivity index (χ1v) is 10.9. The molecule has 1 unspecified atom stereocenters. The highest BCUT2D eigenvalue weighted by Crippen LogP contribution is 2.35. The topological polar surface area (TPSA) is 127 Å². The summed E-state index contributed by atoms with van der Waals surface area (Å²) in [5, 5.41) is 28.4. The highest BCUT2D eigenvalue weighted by molar-refractivity contribution is 6.11. The number of esters is 1. The molecule has 0 aliphatic carbocycles. The molecule has 2 N–H and O–H groups in total. The second kappa shape index (κ2) is 12.3. The molecule has 0 bridgehead atoms. The fourth-order valence-electron chi connectivity index (χ4n) is 3.04. The molecule has 0 saturated carbocycles. The summed E-state index contributed by atoms with van der Waals surface area (Å²) in [5.41, 5.74) is 1.14. The molecular formula is C27H26N2O7. The van der Waals surface area contributed by atoms with Gasteiger partial charge in [-0.2, -0.15) is 5.11 Å². The predicted octanol–water partition coefficient (Wildman–Crippen LogP) is 5.26. The van der Waals surface area contributed by atoms with E-state index in [2.05, 4.69) is 16.8 Å². The summed E-state index contributed by atoms with van der Waals surface area (Å²) in [5.74, 6) is -1.12. The number of rotatable bonds is 11. The number of aromatic hydroxyl groups is 2. The van der Waals surface area contributed by atoms with Gasteiger partial charge in [0, 0.05) is 24.3 Å². The third kappa shape index (κ3) is 7.00. The molecule has 0 heterocycles. The Hall–Kier alpha value is -4.50. The van der Waals surface area contributed by atoms with E-state index in [9.17, 15) is 19.8 Å². The van der Waals surface area contributed by atoms with Gasteiger partial charge < -0.3 is 24.4 Å². The van der Waals surface area contributed by atoms with E-state index in [1.54, 1.807) is 61.5 Å². The molecule has 3 aromatic carbocycles. The van der Waals surface area contributed by atoms with E-state index in [-0.39, 0.29) is 41.5 Å². The molecule has 9 heteroatoms. The van der Waals surface area contributed by atoms with Crippen molar-refractivity contribution in [3.8, 4) is 17.2 Å². The van der Waals surface area contributed by atoms with Gasteiger partial charge in [0.1, 0.15) is 29.5 Å². The number of nitrogens with zero attached hydrogens (tertiary/aromatic N) is 2. The smallest absolute Gasteiger partial charge is 0.333 e. The van der Waals surface area contributed by atoms with Gasteiger partial charge >= 0.3 is 5.97 Å². The van der Waals surface area contributed by atoms with Crippen LogP contribution in [0.4, 0.5) is 11.4 Å². The van der Waals surface area contributed by atoms with Gasteiger partial charge in [-0.25, -0.2) is 4.79 Å². The first kappa shape index (κ1) is 26.1. The predicted molar refractivity (Wildman–Crippen MR) is 132 cm³/mol. The van der Waals surface area contributed by atoms with Crippen LogP contribution in [0.25, 0.3) is 0 Å². The molecule has 36 heavy (non-hydrogen) atoms. The number of azo groups is 1. The Morgan fingerprint density at radius 3 is 2.28 bits per heavy atom. The molecule has 186 valence electrons. The Labute approximate surface area is 208 Å². The van der Waals surface area contributed by atoms with Crippen LogP contribution in [0.5, 0.6) is 17.2 Å². The Balaban J connectivity index is 1.68. The van der Waals surface area contributed by atoms with Crippen molar-refractivity contribution in [3.63, 3.8) is 0 Å². The summed E-state index contributed by atoms with van der Waals surface area (Å²) in [6.45, 7) is 5.35. The van der Waals surface area contributed by atoms with E-state index in [0.717, 1.165) is 6.07 Å². The van der Waals surface area contributed by atoms with E-state index in [4.69, 9.17) is 14.2 Å². The number of hydrogen-bond donors (Lipinski definition) is 2. The number of carbonyl (C=O) groups excluding carboxylic acids is 2. The van der Waals surface area contributed by atoms with Gasteiger partial charge in [-0.05, 0) is 37.3 Å². The molecule has 9 nitrogen and oxygen atoms in total. The SMILES string of the molecule is C=C(C)C(=O)OC(COC)COc1ccc(N=Nc2cc(C(=O)c3ccccc3)c(O)cc2O)cc1. The number of phenolic OH excluding ortho intramolecular Hbond substituents is 2. The minimum atomic E-state index is -0.608. The summed E-state index contributed by atoms with van der Waals surface area (Å²) in [4.78, 5) is 24.5. The first-order chi connectivity index (χ1) is 17.3. The Morgan fingerprint density at radius 1 is 0.944 bits per heavy atom. The van der Waals surface area contributed by atoms with Crippen molar-refractivity contribution in [2.24, 2.45) is 10.2 Å². The molecule has 3 rings (SSSR count). The number of ketones is 1. The minimum absolute atomic E-state index is 0.00494. The molecule has 0 spiro atoms. The fraction of sp³-hybridized carbons (Fsp3) is 0.185. The van der Waals surface area contributed by atoms with Crippen LogP contribution in [0.3, 0.4) is 0 Å². The van der Waals surface area contributed by atoms with Gasteiger partial charge in [0.25, 0.3) is 0 Å². The van der Waals surface area contributed by atoms with Crippen LogP contribution in [-0.4, -0.2) is 48.4 Å². The largest absolute Gasteiger partial charge is 0.507 e. The van der Waals surface area contributed by atoms with Gasteiger partial charge in [-0.1, -0.05) is 36.9 Å². The summed E-state index contributed by atoms with van der Waals surface area (Å²) in [7, 11) is 1.49. The zero-order valence-electron chi connectivity index (χ0n) is 19.9. The van der Waals surface area contributed by atoms with Crippen molar-refractivity contribution < 1.29 is 34.0 Å². The molecule has 3 aromatic rings. The molecule has 1 atom stereocenters. The van der Waals surface area contributed by atoms with Crippen molar-refractivity contribution in [1.82, 2.24) is 0 Å². The third-order valence-electron chi connectivity index (χ3n) is 4.89. The van der Waals surface area contributed by atoms with Crippen molar-refractivity contribution in [2.75, 3.05) is 20.3 Å². The molecule has 0 amide bonds. The number of ether oxygens (including phenoxy) is 3. The third-order valence-corrected chi connectivity index (χ3v) is 4.89. The van der Waals surface area contributed by atoms with Crippen LogP contribution in [0.15, 0.2) is 89.1 Å². The zero-order chi connectivity index (χ0) is 26.1. The lowest BCUT2D eigenvalue weighted by Gasteiger charge is -2.17. The summed E-state index contributed by atoms with van der Waals surface area (Å²) in [6, 6.07) is 17.4. The van der Waals surface area contributed by atoms with Crippen molar-refractivity contribution >= 4 is 23.1 Å². The van der Waals surface area contributed by atoms with E-state index >= 15 is 0 Å². The maximum Gasteiger partial charge on any atom is 0.333 e. The minimum Gasteiger partial charge on any atom is -0.507 e. The molecular weight excluding hydrogens is 464 g/mol. The van der Waals surface area contributed by atoms with E-state index in [0.29, 0.717) is 17.0 Å². The van der Waals surface area contributed by atoms with Crippen molar-refractivity contribution in [1.29, 1.82) is 0 Å². The quantitative estimate of drug-likeness (QED) is 0.162. The first-order valence-electron chi connectivity index (χ1n) is 10.9. The van der Waals surface area contributed by atoms with Crippen molar-refractivity contribution in [3.05, 3.63) is 90.0 Å². The molecule has 0 saturated heterocycles. The Kier molecular flexibility index (Phi) is 8.90. The zero-order valence-corrected chi connectivity index (χ0v) is 19.9. The number of benzene rings is 3. The number of methoxy groups -OCH3 is 1. The lowest BCUT2D eigenvalue weighted by molar-refractivity contribution is -0.148. The number of phenols is 2. The maximum atomic E-state index is 12.7. The van der Waals surface area contributed by atoms with E-state index < -0.39 is 17.9 Å². The lowest BCUT2D eigenvalue weighted by Crippen LogP contribution is -2.29. The fourth-order valence-corrected chi connectivity index (χ4v) is 3.04. The van der Waals surface area contributed by atoms with E-state index in [1.165, 1.54) is 13.2 Å². The molecule has 0 aliphatic heterocycles. The molecule has 0 radical (unpaired) electrons. The van der Waals surface area contributed by atoms with Gasteiger partial charge in [0.15, 0.2) is 11.9 Å². The highest BCUT2D eigenvalue weighted by Gasteiger charge is 2.17. The van der Waals surface area contributed by atoms with Gasteiger partial charge in [0.2, 0.25) is 0 Å². The Bertz CT molecular complexity index is 1260. The number of carbonyl (C=O) groups is 2. The molecule has 0 aromatic heterocycles. The van der Waals surface area contributed by atoms with Crippen LogP contribution in [-0.2, 0) is 14.3 Å². The summed E-state index contributed by atoms with van der Waals surface area (Å²) in [6.07, 6.45) is -0.608. The lowest BCUT2D eigenvalue weighted by atomic mass is 10.0. The standard InChI is InChI=1S/C27H26N2O7/c1-17(2)27(33)36-21(15-34-3)16-35-20-11-9-19(10-12-20)28-29-23-13-22(24(30)14-25(23)31)26(32)18-7-5-4-6-8-18/h4-14,21,30-31H,1,15-16H2,2-3H3. The van der Waals surface area contributed by atoms with Gasteiger partial charge in [-0.15, -0.1) is 5.11 Å². The van der Waals surface area contributed by atoms with Crippen LogP contribution < -0.4 is 4.74 Å². The van der Waals surface area contributed by atoms with Crippen LogP contribution in [0.1, 0.15) is 22.8 Å². The Morgan fingerprint density at radius 2 is 1.64 bits per heavy atom. The molecule has 0 aliphatic rings. The highest BCUT2D eigenvalue weighted by atomic mass is 16.6. The second-order valence-corrected chi connectivity index (χ2v) is 7.82. The second-order valence-electron chi connectivity index (χ2n) is 7.82. The van der Waals surface area contributed by atoms with Crippen LogP contribution in [0.2, 0.25) is 0 Å². The maximum absolute atomic E-state index is 12.7. The van der Waals surface area contributed by atoms with Gasteiger partial charge in [0.05, 0.1) is 17.9 Å². The van der Waals surface area contributed by atoms with Crippen LogP contribution in [0, 0.1) is 0 Å².